The third-order valence-electron chi connectivity index (χ3n) is 5.55. The molecule has 0 spiro atoms. The first-order valence-electron chi connectivity index (χ1n) is 7.31. The predicted molar refractivity (Wildman–Crippen MR) is 82.7 cm³/mol. The van der Waals surface area contributed by atoms with Crippen LogP contribution in [0.5, 0.6) is 0 Å². The van der Waals surface area contributed by atoms with Crippen LogP contribution in [-0.2, 0) is 23.2 Å². The van der Waals surface area contributed by atoms with Crippen LogP contribution in [-0.4, -0.2) is 0 Å². The van der Waals surface area contributed by atoms with E-state index in [1.807, 2.05) is 6.56 Å². The van der Waals surface area contributed by atoms with E-state index in [-0.39, 0.29) is 2.85 Å². The Balaban J connectivity index is 0.00000200. The molecule has 0 heterocycles. The molecule has 0 saturated heterocycles. The molecule has 0 fully saturated rings. The molecule has 0 aromatic carbocycles. The molecule has 2 aliphatic carbocycles. The Labute approximate surface area is 133 Å². The first kappa shape index (κ1) is 15.2. The summed E-state index contributed by atoms with van der Waals surface area (Å²) in [4.78, 5) is 0. The summed E-state index contributed by atoms with van der Waals surface area (Å²) in [5, 5.41) is 0. The minimum atomic E-state index is -0.601. The second-order valence-corrected chi connectivity index (χ2v) is 9.52. The molecule has 0 bridgehead atoms. The normalized spacial score (nSPS) is 28.0. The van der Waals surface area contributed by atoms with Crippen molar-refractivity contribution in [1.82, 2.24) is 0 Å². The van der Waals surface area contributed by atoms with E-state index in [1.165, 1.54) is 0 Å². The van der Waals surface area contributed by atoms with Gasteiger partial charge in [0.2, 0.25) is 0 Å². The van der Waals surface area contributed by atoms with E-state index in [0.717, 1.165) is 0 Å². The van der Waals surface area contributed by atoms with Crippen molar-refractivity contribution in [3.63, 3.8) is 0 Å². The monoisotopic (exact) mass is 334 g/mol. The van der Waals surface area contributed by atoms with Gasteiger partial charge in [-0.15, -0.1) is 0 Å². The second-order valence-electron chi connectivity index (χ2n) is 6.26. The van der Waals surface area contributed by atoms with E-state index >= 15 is 0 Å². The fourth-order valence-corrected chi connectivity index (χ4v) is 7.96. The van der Waals surface area contributed by atoms with Crippen molar-refractivity contribution < 1.29 is 26.1 Å². The zero-order valence-corrected chi connectivity index (χ0v) is 16.1. The molecule has 0 N–H and O–H groups in total. The summed E-state index contributed by atoms with van der Waals surface area (Å²) in [6, 6.07) is 0. The molecule has 0 aromatic rings. The summed E-state index contributed by atoms with van der Waals surface area (Å²) >= 11 is -0.601. The Hall–Kier alpha value is -0.157. The van der Waals surface area contributed by atoms with Crippen LogP contribution in [0, 0.1) is 11.8 Å². The Bertz CT molecular complexity index is 512. The quantitative estimate of drug-likeness (QED) is 0.597. The summed E-state index contributed by atoms with van der Waals surface area (Å²) in [5.74, 6) is 1.42. The van der Waals surface area contributed by atoms with Crippen LogP contribution in [0.25, 0.3) is 0 Å². The van der Waals surface area contributed by atoms with Crippen LogP contribution in [0.4, 0.5) is 0 Å². The van der Waals surface area contributed by atoms with Crippen molar-refractivity contribution in [3.8, 4) is 0 Å². The first-order chi connectivity index (χ1) is 8.77. The molecule has 2 unspecified atom stereocenters. The van der Waals surface area contributed by atoms with E-state index in [1.54, 1.807) is 33.4 Å². The molecule has 0 aromatic heterocycles. The molecular weight excluding hydrogens is 307 g/mol. The van der Waals surface area contributed by atoms with Gasteiger partial charge in [0.15, 0.2) is 0 Å². The minimum Gasteiger partial charge on any atom is -1.00 e. The van der Waals surface area contributed by atoms with Gasteiger partial charge in [-0.2, -0.15) is 0 Å². The zero-order chi connectivity index (χ0) is 14.5. The van der Waals surface area contributed by atoms with E-state index in [0.29, 0.717) is 11.8 Å². The Morgan fingerprint density at radius 3 is 1.16 bits per heavy atom. The molecule has 1 heteroatoms. The van der Waals surface area contributed by atoms with Crippen molar-refractivity contribution in [3.05, 3.63) is 40.0 Å². The van der Waals surface area contributed by atoms with Gasteiger partial charge in [-0.1, -0.05) is 0 Å². The maximum Gasteiger partial charge on any atom is -1.00 e. The van der Waals surface area contributed by atoms with Gasteiger partial charge >= 0.3 is 130 Å². The Morgan fingerprint density at radius 2 is 0.947 bits per heavy atom. The smallest absolute Gasteiger partial charge is 1.00 e. The topological polar surface area (TPSA) is 0 Å². The van der Waals surface area contributed by atoms with Crippen LogP contribution in [0.3, 0.4) is 0 Å². The number of allylic oxidation sites excluding steroid dienone is 8. The standard InChI is InChI=1S/2C9H13.Zr.2H/c2*1-6-5-7(2)9(4)8(6)3;;;/h2*6H,1-4H3;;;/q;;+2;2*-1. The third-order valence-corrected chi connectivity index (χ3v) is 10.8. The maximum absolute atomic E-state index is 2.41. The number of hydrogen-bond donors (Lipinski definition) is 0. The van der Waals surface area contributed by atoms with Crippen molar-refractivity contribution in [2.24, 2.45) is 11.8 Å². The summed E-state index contributed by atoms with van der Waals surface area (Å²) in [7, 11) is 0. The van der Waals surface area contributed by atoms with Gasteiger partial charge in [0.05, 0.1) is 0 Å². The van der Waals surface area contributed by atoms with Crippen molar-refractivity contribution in [1.29, 1.82) is 0 Å². The molecule has 2 rings (SSSR count). The zero-order valence-electron chi connectivity index (χ0n) is 15.7. The molecule has 0 nitrogen and oxygen atoms in total. The van der Waals surface area contributed by atoms with E-state index in [4.69, 9.17) is 0 Å². The van der Waals surface area contributed by atoms with Crippen molar-refractivity contribution in [2.45, 2.75) is 55.4 Å². The molecule has 0 aliphatic heterocycles. The first-order valence-corrected chi connectivity index (χ1v) is 9.77. The molecule has 104 valence electrons. The summed E-state index contributed by atoms with van der Waals surface area (Å²) in [6.45, 7) is 18.8. The van der Waals surface area contributed by atoms with E-state index in [2.05, 4.69) is 55.4 Å². The van der Waals surface area contributed by atoms with Gasteiger partial charge in [-0.3, -0.25) is 0 Å². The summed E-state index contributed by atoms with van der Waals surface area (Å²) in [6.07, 6.45) is 0. The third kappa shape index (κ3) is 2.33. The summed E-state index contributed by atoms with van der Waals surface area (Å²) < 4.78 is 3.64. The van der Waals surface area contributed by atoms with Crippen LogP contribution < -0.4 is 0 Å². The molecule has 2 aliphatic rings. The van der Waals surface area contributed by atoms with Crippen molar-refractivity contribution >= 4 is 0 Å². The van der Waals surface area contributed by atoms with Gasteiger partial charge in [0.1, 0.15) is 0 Å². The van der Waals surface area contributed by atoms with Crippen LogP contribution in [0.2, 0.25) is 0 Å². The largest absolute Gasteiger partial charge is 1.00 e. The maximum atomic E-state index is 2.41. The van der Waals surface area contributed by atoms with Gasteiger partial charge < -0.3 is 2.85 Å². The van der Waals surface area contributed by atoms with Crippen LogP contribution in [0.15, 0.2) is 40.0 Å². The molecular formula is C18H28Zr. The summed E-state index contributed by atoms with van der Waals surface area (Å²) in [5.41, 5.74) is 9.58. The number of rotatable bonds is 2. The van der Waals surface area contributed by atoms with Gasteiger partial charge in [0, 0.05) is 0 Å². The van der Waals surface area contributed by atoms with E-state index in [9.17, 15) is 0 Å². The van der Waals surface area contributed by atoms with Crippen LogP contribution >= 0.6 is 0 Å². The number of hydrogen-bond acceptors (Lipinski definition) is 0. The van der Waals surface area contributed by atoms with Gasteiger partial charge in [-0.25, -0.2) is 0 Å². The van der Waals surface area contributed by atoms with Crippen molar-refractivity contribution in [2.75, 3.05) is 0 Å². The molecule has 19 heavy (non-hydrogen) atoms. The average Bonchev–Trinajstić information content (AvgIpc) is 2.68. The molecule has 2 atom stereocenters. The molecule has 0 radical (unpaired) electrons. The Kier molecular flexibility index (Phi) is 4.27. The fourth-order valence-electron chi connectivity index (χ4n) is 3.28. The molecule has 0 saturated carbocycles. The van der Waals surface area contributed by atoms with Crippen LogP contribution in [0.1, 0.15) is 58.2 Å². The predicted octanol–water partition coefficient (Wildman–Crippen LogP) is 5.81. The van der Waals surface area contributed by atoms with Gasteiger partial charge in [-0.05, 0) is 0 Å². The van der Waals surface area contributed by atoms with Gasteiger partial charge in [0.25, 0.3) is 0 Å². The second kappa shape index (κ2) is 5.32. The minimum absolute atomic E-state index is 0. The molecule has 0 amide bonds. The SMILES string of the molecule is CC1=C(C)C(C)[C]([Zr+2][C]2=C(C)C(C)=C(C)C2C)=C1C.[H-].[H-]. The fraction of sp³-hybridized carbons (Fsp3) is 0.556. The average molecular weight is 336 g/mol. The van der Waals surface area contributed by atoms with E-state index < -0.39 is 23.2 Å². The Morgan fingerprint density at radius 1 is 0.632 bits per heavy atom.